The summed E-state index contributed by atoms with van der Waals surface area (Å²) in [7, 11) is 1.55. The quantitative estimate of drug-likeness (QED) is 0.219. The predicted octanol–water partition coefficient (Wildman–Crippen LogP) is 6.64. The average Bonchev–Trinajstić information content (AvgIpc) is 3.20. The van der Waals surface area contributed by atoms with Crippen molar-refractivity contribution in [2.75, 3.05) is 30.5 Å². The van der Waals surface area contributed by atoms with E-state index < -0.39 is 0 Å². The Labute approximate surface area is 238 Å². The lowest BCUT2D eigenvalue weighted by Gasteiger charge is -2.17. The molecule has 4 rings (SSSR count). The van der Waals surface area contributed by atoms with E-state index in [9.17, 15) is 9.59 Å². The van der Waals surface area contributed by atoms with Crippen LogP contribution in [0.2, 0.25) is 0 Å². The van der Waals surface area contributed by atoms with Crippen LogP contribution in [-0.2, 0) is 9.59 Å². The number of rotatable bonds is 10. The first-order chi connectivity index (χ1) is 18.8. The van der Waals surface area contributed by atoms with Gasteiger partial charge in [-0.2, -0.15) is 0 Å². The zero-order chi connectivity index (χ0) is 27.9. The first-order valence-electron chi connectivity index (χ1n) is 12.5. The predicted molar refractivity (Wildman–Crippen MR) is 161 cm³/mol. The molecule has 202 valence electrons. The Morgan fingerprint density at radius 2 is 1.77 bits per heavy atom. The van der Waals surface area contributed by atoms with Gasteiger partial charge in [0, 0.05) is 5.69 Å². The lowest BCUT2D eigenvalue weighted by atomic mass is 10.0. The molecule has 0 radical (unpaired) electrons. The van der Waals surface area contributed by atoms with E-state index in [1.807, 2.05) is 43.3 Å². The van der Waals surface area contributed by atoms with Crippen LogP contribution in [0.1, 0.15) is 37.8 Å². The molecule has 1 heterocycles. The highest BCUT2D eigenvalue weighted by Crippen LogP contribution is 2.40. The topological polar surface area (TPSA) is 77.1 Å². The highest BCUT2D eigenvalue weighted by Gasteiger charge is 2.34. The Bertz CT molecular complexity index is 1420. The number of nitrogens with zero attached hydrogens (tertiary/aromatic N) is 1. The van der Waals surface area contributed by atoms with Crippen molar-refractivity contribution in [3.05, 3.63) is 82.8 Å². The van der Waals surface area contributed by atoms with Gasteiger partial charge in [-0.05, 0) is 60.4 Å². The summed E-state index contributed by atoms with van der Waals surface area (Å²) in [5.41, 5.74) is 3.16. The summed E-state index contributed by atoms with van der Waals surface area (Å²) in [6, 6.07) is 20.3. The normalized spacial score (nSPS) is 14.2. The largest absolute Gasteiger partial charge is 0.495 e. The van der Waals surface area contributed by atoms with Gasteiger partial charge in [0.05, 0.1) is 24.3 Å². The van der Waals surface area contributed by atoms with Crippen LogP contribution in [0.4, 0.5) is 11.4 Å². The van der Waals surface area contributed by atoms with E-state index in [1.54, 1.807) is 43.5 Å². The standard InChI is InChI=1S/C30H30N2O5S2/c1-5-36-26-16-20(17-27-29(34)32(30(38)39-27)23-12-8-9-13-24(23)35-4)14-15-25(26)37-18-28(33)31-22-11-7-6-10-21(22)19(2)3/h6-17,19H,5,18H2,1-4H3,(H,31,33)/b27-17+. The molecule has 0 aromatic heterocycles. The van der Waals surface area contributed by atoms with E-state index >= 15 is 0 Å². The van der Waals surface area contributed by atoms with Gasteiger partial charge in [-0.25, -0.2) is 0 Å². The number of hydrogen-bond acceptors (Lipinski definition) is 7. The summed E-state index contributed by atoms with van der Waals surface area (Å²) >= 11 is 6.73. The molecule has 1 aliphatic rings. The number of amides is 2. The fourth-order valence-corrected chi connectivity index (χ4v) is 5.37. The molecule has 0 unspecified atom stereocenters. The number of anilines is 2. The molecule has 0 saturated carbocycles. The van der Waals surface area contributed by atoms with Crippen molar-refractivity contribution in [2.45, 2.75) is 26.7 Å². The highest BCUT2D eigenvalue weighted by atomic mass is 32.2. The van der Waals surface area contributed by atoms with E-state index in [0.29, 0.717) is 38.8 Å². The second-order valence-electron chi connectivity index (χ2n) is 8.91. The molecule has 0 atom stereocenters. The van der Waals surface area contributed by atoms with Crippen LogP contribution < -0.4 is 24.4 Å². The molecule has 3 aromatic rings. The van der Waals surface area contributed by atoms with E-state index in [2.05, 4.69) is 19.2 Å². The minimum absolute atomic E-state index is 0.177. The molecule has 1 N–H and O–H groups in total. The third-order valence-electron chi connectivity index (χ3n) is 5.90. The number of thioether (sulfide) groups is 1. The van der Waals surface area contributed by atoms with Gasteiger partial charge in [0.2, 0.25) is 0 Å². The number of thiocarbonyl (C=S) groups is 1. The number of ether oxygens (including phenoxy) is 3. The average molecular weight is 563 g/mol. The fourth-order valence-electron chi connectivity index (χ4n) is 4.09. The number of carbonyl (C=O) groups is 2. The zero-order valence-corrected chi connectivity index (χ0v) is 23.9. The van der Waals surface area contributed by atoms with Crippen molar-refractivity contribution in [1.82, 2.24) is 0 Å². The van der Waals surface area contributed by atoms with Crippen molar-refractivity contribution in [3.63, 3.8) is 0 Å². The number of carbonyl (C=O) groups excluding carboxylic acids is 2. The number of hydrogen-bond donors (Lipinski definition) is 1. The van der Waals surface area contributed by atoms with Crippen LogP contribution in [-0.4, -0.2) is 36.5 Å². The van der Waals surface area contributed by atoms with Crippen molar-refractivity contribution >= 4 is 57.6 Å². The Morgan fingerprint density at radius 3 is 2.51 bits per heavy atom. The summed E-state index contributed by atoms with van der Waals surface area (Å²) in [6.45, 7) is 6.25. The van der Waals surface area contributed by atoms with E-state index in [4.69, 9.17) is 26.4 Å². The summed E-state index contributed by atoms with van der Waals surface area (Å²) in [5.74, 6) is 1.24. The summed E-state index contributed by atoms with van der Waals surface area (Å²) in [5, 5.41) is 2.93. The minimum atomic E-state index is -0.269. The van der Waals surface area contributed by atoms with Crippen LogP contribution in [0.3, 0.4) is 0 Å². The molecule has 1 aliphatic heterocycles. The monoisotopic (exact) mass is 562 g/mol. The third-order valence-corrected chi connectivity index (χ3v) is 7.20. The Morgan fingerprint density at radius 1 is 1.03 bits per heavy atom. The SMILES string of the molecule is CCOc1cc(/C=C2/SC(=S)N(c3ccccc3OC)C2=O)ccc1OCC(=O)Nc1ccccc1C(C)C. The van der Waals surface area contributed by atoms with Gasteiger partial charge in [0.25, 0.3) is 11.8 Å². The third kappa shape index (κ3) is 6.61. The Balaban J connectivity index is 1.49. The lowest BCUT2D eigenvalue weighted by Crippen LogP contribution is -2.27. The smallest absolute Gasteiger partial charge is 0.270 e. The minimum Gasteiger partial charge on any atom is -0.495 e. The molecule has 1 fully saturated rings. The van der Waals surface area contributed by atoms with Crippen molar-refractivity contribution in [3.8, 4) is 17.2 Å². The van der Waals surface area contributed by atoms with Gasteiger partial charge in [0.15, 0.2) is 22.4 Å². The molecule has 3 aromatic carbocycles. The van der Waals surface area contributed by atoms with Crippen molar-refractivity contribution in [2.24, 2.45) is 0 Å². The van der Waals surface area contributed by atoms with Crippen LogP contribution >= 0.6 is 24.0 Å². The molecule has 0 bridgehead atoms. The van der Waals surface area contributed by atoms with Gasteiger partial charge >= 0.3 is 0 Å². The number of para-hydroxylation sites is 3. The van der Waals surface area contributed by atoms with Crippen molar-refractivity contribution in [1.29, 1.82) is 0 Å². The van der Waals surface area contributed by atoms with Crippen LogP contribution in [0.15, 0.2) is 71.6 Å². The lowest BCUT2D eigenvalue weighted by molar-refractivity contribution is -0.118. The molecule has 0 spiro atoms. The van der Waals surface area contributed by atoms with E-state index in [0.717, 1.165) is 16.8 Å². The van der Waals surface area contributed by atoms with Crippen LogP contribution in [0.5, 0.6) is 17.2 Å². The Hall–Kier alpha value is -3.82. The van der Waals surface area contributed by atoms with Gasteiger partial charge in [0.1, 0.15) is 5.75 Å². The Kier molecular flexibility index (Phi) is 9.27. The molecule has 9 heteroatoms. The molecule has 39 heavy (non-hydrogen) atoms. The first-order valence-corrected chi connectivity index (χ1v) is 13.7. The van der Waals surface area contributed by atoms with E-state index in [1.165, 1.54) is 16.7 Å². The number of benzene rings is 3. The number of methoxy groups -OCH3 is 1. The maximum absolute atomic E-state index is 13.3. The number of nitrogens with one attached hydrogen (secondary N) is 1. The van der Waals surface area contributed by atoms with Crippen LogP contribution in [0.25, 0.3) is 6.08 Å². The summed E-state index contributed by atoms with van der Waals surface area (Å²) < 4.78 is 17.4. The second-order valence-corrected chi connectivity index (χ2v) is 10.6. The van der Waals surface area contributed by atoms with Crippen molar-refractivity contribution < 1.29 is 23.8 Å². The molecule has 1 saturated heterocycles. The zero-order valence-electron chi connectivity index (χ0n) is 22.2. The molecule has 2 amide bonds. The first kappa shape index (κ1) is 28.2. The second kappa shape index (κ2) is 12.8. The van der Waals surface area contributed by atoms with E-state index in [-0.39, 0.29) is 24.3 Å². The van der Waals surface area contributed by atoms with Gasteiger partial charge in [-0.3, -0.25) is 14.5 Å². The molecule has 7 nitrogen and oxygen atoms in total. The molecule has 0 aliphatic carbocycles. The molecular weight excluding hydrogens is 532 g/mol. The maximum Gasteiger partial charge on any atom is 0.270 e. The summed E-state index contributed by atoms with van der Waals surface area (Å²) in [6.07, 6.45) is 1.76. The maximum atomic E-state index is 13.3. The van der Waals surface area contributed by atoms with Crippen LogP contribution in [0, 0.1) is 0 Å². The summed E-state index contributed by atoms with van der Waals surface area (Å²) in [4.78, 5) is 27.8. The van der Waals surface area contributed by atoms with Gasteiger partial charge < -0.3 is 19.5 Å². The van der Waals surface area contributed by atoms with Gasteiger partial charge in [-0.15, -0.1) is 0 Å². The van der Waals surface area contributed by atoms with Gasteiger partial charge in [-0.1, -0.05) is 74.2 Å². The highest BCUT2D eigenvalue weighted by molar-refractivity contribution is 8.27. The fraction of sp³-hybridized carbons (Fsp3) is 0.233. The molecular formula is C30H30N2O5S2.